The van der Waals surface area contributed by atoms with E-state index < -0.39 is 6.10 Å². The van der Waals surface area contributed by atoms with Gasteiger partial charge in [0.05, 0.1) is 12.1 Å². The molecule has 2 fully saturated rings. The zero-order chi connectivity index (χ0) is 7.84. The third-order valence-electron chi connectivity index (χ3n) is 2.35. The summed E-state index contributed by atoms with van der Waals surface area (Å²) < 4.78 is 4.93. The lowest BCUT2D eigenvalue weighted by atomic mass is 9.91. The molecule has 1 aliphatic carbocycles. The average molecular weight is 157 g/mol. The Bertz CT molecular complexity index is 183. The molecule has 4 nitrogen and oxygen atoms in total. The summed E-state index contributed by atoms with van der Waals surface area (Å²) in [6.07, 6.45) is 1.69. The van der Waals surface area contributed by atoms with Gasteiger partial charge >= 0.3 is 6.09 Å². The zero-order valence-electron chi connectivity index (χ0n) is 6.12. The molecule has 1 saturated heterocycles. The van der Waals surface area contributed by atoms with E-state index in [1.165, 1.54) is 0 Å². The lowest BCUT2D eigenvalue weighted by Crippen LogP contribution is -2.45. The molecular formula is C7H11NO3. The Balaban J connectivity index is 2.09. The maximum atomic E-state index is 10.7. The summed E-state index contributed by atoms with van der Waals surface area (Å²) in [7, 11) is 0. The molecule has 62 valence electrons. The molecule has 2 rings (SSSR count). The largest absolute Gasteiger partial charge is 0.444 e. The summed E-state index contributed by atoms with van der Waals surface area (Å²) in [5.74, 6) is 0. The first-order valence-corrected chi connectivity index (χ1v) is 3.92. The molecule has 2 N–H and O–H groups in total. The van der Waals surface area contributed by atoms with E-state index in [2.05, 4.69) is 5.32 Å². The Morgan fingerprint density at radius 3 is 3.09 bits per heavy atom. The van der Waals surface area contributed by atoms with Crippen LogP contribution in [0.4, 0.5) is 4.79 Å². The minimum atomic E-state index is -0.416. The van der Waals surface area contributed by atoms with Crippen molar-refractivity contribution in [2.24, 2.45) is 0 Å². The number of carbonyl (C=O) groups excluding carboxylic acids is 1. The molecule has 0 aromatic rings. The van der Waals surface area contributed by atoms with Crippen LogP contribution >= 0.6 is 0 Å². The third-order valence-corrected chi connectivity index (χ3v) is 2.35. The van der Waals surface area contributed by atoms with Crippen molar-refractivity contribution in [2.75, 3.05) is 0 Å². The van der Waals surface area contributed by atoms with Gasteiger partial charge in [0.1, 0.15) is 6.10 Å². The molecule has 4 heteroatoms. The van der Waals surface area contributed by atoms with Gasteiger partial charge in [0.15, 0.2) is 0 Å². The Labute approximate surface area is 64.5 Å². The maximum Gasteiger partial charge on any atom is 0.407 e. The fourth-order valence-corrected chi connectivity index (χ4v) is 1.76. The second-order valence-electron chi connectivity index (χ2n) is 3.11. The molecule has 0 aromatic heterocycles. The lowest BCUT2D eigenvalue weighted by molar-refractivity contribution is 0.0404. The topological polar surface area (TPSA) is 58.6 Å². The van der Waals surface area contributed by atoms with Crippen molar-refractivity contribution >= 4 is 6.09 Å². The Morgan fingerprint density at radius 1 is 1.55 bits per heavy atom. The zero-order valence-corrected chi connectivity index (χ0v) is 6.12. The first-order chi connectivity index (χ1) is 5.27. The summed E-state index contributed by atoms with van der Waals surface area (Å²) in [4.78, 5) is 10.7. The van der Waals surface area contributed by atoms with Crippen molar-refractivity contribution in [2.45, 2.75) is 37.5 Å². The second kappa shape index (κ2) is 2.37. The number of hydrogen-bond acceptors (Lipinski definition) is 3. The smallest absolute Gasteiger partial charge is 0.407 e. The normalized spacial score (nSPS) is 42.6. The monoisotopic (exact) mass is 157 g/mol. The first-order valence-electron chi connectivity index (χ1n) is 3.92. The van der Waals surface area contributed by atoms with Crippen molar-refractivity contribution in [3.63, 3.8) is 0 Å². The molecule has 1 heterocycles. The number of amides is 1. The fraction of sp³-hybridized carbons (Fsp3) is 0.857. The van der Waals surface area contributed by atoms with Crippen LogP contribution in [0.15, 0.2) is 0 Å². The molecule has 3 unspecified atom stereocenters. The minimum Gasteiger partial charge on any atom is -0.444 e. The van der Waals surface area contributed by atoms with E-state index in [0.717, 1.165) is 19.3 Å². The molecule has 1 aliphatic heterocycles. The van der Waals surface area contributed by atoms with Crippen molar-refractivity contribution in [1.82, 2.24) is 5.32 Å². The number of ether oxygens (including phenoxy) is 1. The van der Waals surface area contributed by atoms with Gasteiger partial charge in [-0.1, -0.05) is 0 Å². The van der Waals surface area contributed by atoms with Crippen molar-refractivity contribution < 1.29 is 14.6 Å². The van der Waals surface area contributed by atoms with Crippen LogP contribution in [0.3, 0.4) is 0 Å². The molecule has 0 radical (unpaired) electrons. The standard InChI is InChI=1S/C7H11NO3/c9-4-2-1-3-5-6(4)8-7(10)11-5/h4-6,9H,1-3H2,(H,8,10). The molecule has 11 heavy (non-hydrogen) atoms. The van der Waals surface area contributed by atoms with Gasteiger partial charge in [0.25, 0.3) is 0 Å². The van der Waals surface area contributed by atoms with Crippen molar-refractivity contribution in [1.29, 1.82) is 0 Å². The van der Waals surface area contributed by atoms with Crippen LogP contribution in [0.1, 0.15) is 19.3 Å². The maximum absolute atomic E-state index is 10.7. The van der Waals surface area contributed by atoms with Crippen LogP contribution in [0.2, 0.25) is 0 Å². The van der Waals surface area contributed by atoms with Gasteiger partial charge in [-0.3, -0.25) is 0 Å². The van der Waals surface area contributed by atoms with Crippen molar-refractivity contribution in [3.05, 3.63) is 0 Å². The summed E-state index contributed by atoms with van der Waals surface area (Å²) in [6.45, 7) is 0. The van der Waals surface area contributed by atoms with Gasteiger partial charge in [-0.25, -0.2) is 4.79 Å². The molecule has 0 aromatic carbocycles. The second-order valence-corrected chi connectivity index (χ2v) is 3.11. The van der Waals surface area contributed by atoms with E-state index in [1.807, 2.05) is 0 Å². The molecule has 3 atom stereocenters. The van der Waals surface area contributed by atoms with Gasteiger partial charge in [-0.05, 0) is 19.3 Å². The van der Waals surface area contributed by atoms with E-state index in [4.69, 9.17) is 4.74 Å². The molecule has 1 amide bonds. The number of rotatable bonds is 0. The predicted molar refractivity (Wildman–Crippen MR) is 37.1 cm³/mol. The number of alkyl carbamates (subject to hydrolysis) is 1. The number of fused-ring (bicyclic) bond motifs is 1. The van der Waals surface area contributed by atoms with Crippen LogP contribution in [0, 0.1) is 0 Å². The summed E-state index contributed by atoms with van der Waals surface area (Å²) in [5.41, 5.74) is 0. The molecule has 0 bridgehead atoms. The molecule has 1 saturated carbocycles. The highest BCUT2D eigenvalue weighted by Crippen LogP contribution is 2.25. The quantitative estimate of drug-likeness (QED) is 0.520. The minimum absolute atomic E-state index is 0.0914. The van der Waals surface area contributed by atoms with Crippen LogP contribution in [0.5, 0.6) is 0 Å². The van der Waals surface area contributed by atoms with Gasteiger partial charge < -0.3 is 15.2 Å². The van der Waals surface area contributed by atoms with E-state index in [9.17, 15) is 9.90 Å². The van der Waals surface area contributed by atoms with E-state index >= 15 is 0 Å². The van der Waals surface area contributed by atoms with E-state index in [0.29, 0.717) is 0 Å². The highest BCUT2D eigenvalue weighted by molar-refractivity contribution is 5.70. The molecule has 2 aliphatic rings. The van der Waals surface area contributed by atoms with Crippen LogP contribution < -0.4 is 5.32 Å². The predicted octanol–water partition coefficient (Wildman–Crippen LogP) is 0.00820. The van der Waals surface area contributed by atoms with Crippen molar-refractivity contribution in [3.8, 4) is 0 Å². The highest BCUT2D eigenvalue weighted by atomic mass is 16.6. The van der Waals surface area contributed by atoms with Gasteiger partial charge in [-0.15, -0.1) is 0 Å². The Kier molecular flexibility index (Phi) is 1.49. The average Bonchev–Trinajstić information content (AvgIpc) is 2.31. The van der Waals surface area contributed by atoms with E-state index in [-0.39, 0.29) is 18.2 Å². The molecular weight excluding hydrogens is 146 g/mol. The number of aliphatic hydroxyl groups excluding tert-OH is 1. The van der Waals surface area contributed by atoms with E-state index in [1.54, 1.807) is 0 Å². The SMILES string of the molecule is O=C1NC2C(O)CCCC2O1. The van der Waals surface area contributed by atoms with Gasteiger partial charge in [-0.2, -0.15) is 0 Å². The number of aliphatic hydroxyl groups is 1. The lowest BCUT2D eigenvalue weighted by Gasteiger charge is -2.26. The Hall–Kier alpha value is -0.770. The summed E-state index contributed by atoms with van der Waals surface area (Å²) in [6, 6.07) is -0.156. The van der Waals surface area contributed by atoms with Gasteiger partial charge in [0.2, 0.25) is 0 Å². The fourth-order valence-electron chi connectivity index (χ4n) is 1.76. The summed E-state index contributed by atoms with van der Waals surface area (Å²) in [5, 5.41) is 12.0. The third kappa shape index (κ3) is 1.07. The highest BCUT2D eigenvalue weighted by Gasteiger charge is 2.40. The van der Waals surface area contributed by atoms with Crippen LogP contribution in [-0.2, 0) is 4.74 Å². The number of hydrogen-bond donors (Lipinski definition) is 2. The first kappa shape index (κ1) is 6.91. The molecule has 0 spiro atoms. The summed E-state index contributed by atoms with van der Waals surface area (Å²) >= 11 is 0. The van der Waals surface area contributed by atoms with Crippen LogP contribution in [0.25, 0.3) is 0 Å². The van der Waals surface area contributed by atoms with Gasteiger partial charge in [0, 0.05) is 0 Å². The number of nitrogens with one attached hydrogen (secondary N) is 1. The van der Waals surface area contributed by atoms with Crippen LogP contribution in [-0.4, -0.2) is 29.4 Å². The Morgan fingerprint density at radius 2 is 2.36 bits per heavy atom. The number of carbonyl (C=O) groups is 1.